The first kappa shape index (κ1) is 24.4. The van der Waals surface area contributed by atoms with Crippen LogP contribution in [0, 0.1) is 41.4 Å². The summed E-state index contributed by atoms with van der Waals surface area (Å²) in [4.78, 5) is 0. The Morgan fingerprint density at radius 2 is 1.31 bits per heavy atom. The third-order valence-electron chi connectivity index (χ3n) is 11.3. The highest BCUT2D eigenvalue weighted by Crippen LogP contribution is 2.68. The van der Waals surface area contributed by atoms with Crippen molar-refractivity contribution >= 4 is 19.9 Å². The molecule has 0 bridgehead atoms. The van der Waals surface area contributed by atoms with Gasteiger partial charge in [0, 0.05) is 5.25 Å². The van der Waals surface area contributed by atoms with Crippen LogP contribution in [0.1, 0.15) is 122 Å². The zero-order valence-electron chi connectivity index (χ0n) is 21.7. The summed E-state index contributed by atoms with van der Waals surface area (Å²) in [6, 6.07) is 0. The molecule has 9 unspecified atom stereocenters. The molecule has 5 aliphatic carbocycles. The lowest BCUT2D eigenvalue weighted by Gasteiger charge is -2.49. The summed E-state index contributed by atoms with van der Waals surface area (Å²) in [5.41, 5.74) is 0. The molecule has 186 valence electrons. The topological polar surface area (TPSA) is 0 Å². The van der Waals surface area contributed by atoms with Crippen molar-refractivity contribution < 1.29 is 0 Å². The first-order valence-electron chi connectivity index (χ1n) is 15.0. The second kappa shape index (κ2) is 10.8. The summed E-state index contributed by atoms with van der Waals surface area (Å²) < 4.78 is 0. The van der Waals surface area contributed by atoms with Crippen molar-refractivity contribution in [2.45, 2.75) is 133 Å². The molecular formula is C30H54S2. The van der Waals surface area contributed by atoms with Crippen LogP contribution in [-0.4, -0.2) is 23.0 Å². The lowest BCUT2D eigenvalue weighted by molar-refractivity contribution is 0.0136. The van der Waals surface area contributed by atoms with Crippen LogP contribution in [0.25, 0.3) is 0 Å². The van der Waals surface area contributed by atoms with Crippen LogP contribution in [-0.2, 0) is 0 Å². The Hall–Kier alpha value is 0.700. The third-order valence-corrected chi connectivity index (χ3v) is 17.7. The van der Waals surface area contributed by atoms with E-state index in [0.717, 1.165) is 51.9 Å². The van der Waals surface area contributed by atoms with E-state index in [-0.39, 0.29) is 0 Å². The predicted octanol–water partition coefficient (Wildman–Crippen LogP) is 9.86. The van der Waals surface area contributed by atoms with E-state index in [4.69, 9.17) is 0 Å². The first-order valence-corrected chi connectivity index (χ1v) is 18.9. The summed E-state index contributed by atoms with van der Waals surface area (Å²) in [5, 5.41) is 2.09. The van der Waals surface area contributed by atoms with Crippen LogP contribution in [0.4, 0.5) is 0 Å². The Labute approximate surface area is 206 Å². The van der Waals surface area contributed by atoms with E-state index in [1.54, 1.807) is 96.3 Å². The van der Waals surface area contributed by atoms with Gasteiger partial charge in [-0.15, -0.1) is 10.8 Å². The maximum atomic E-state index is 2.73. The van der Waals surface area contributed by atoms with Gasteiger partial charge in [-0.25, -0.2) is 0 Å². The van der Waals surface area contributed by atoms with Gasteiger partial charge in [-0.1, -0.05) is 64.7 Å². The third kappa shape index (κ3) is 5.12. The van der Waals surface area contributed by atoms with Gasteiger partial charge in [-0.05, 0) is 117 Å². The summed E-state index contributed by atoms with van der Waals surface area (Å²) in [6.07, 6.45) is 33.4. The fourth-order valence-corrected chi connectivity index (χ4v) is 16.2. The molecule has 0 spiro atoms. The van der Waals surface area contributed by atoms with Gasteiger partial charge in [-0.2, -0.15) is 9.06 Å². The minimum atomic E-state index is -0.497. The zero-order valence-corrected chi connectivity index (χ0v) is 23.4. The van der Waals surface area contributed by atoms with Crippen LogP contribution in [0.2, 0.25) is 0 Å². The molecule has 0 heterocycles. The average molecular weight is 479 g/mol. The van der Waals surface area contributed by atoms with Crippen LogP contribution in [0.3, 0.4) is 0 Å². The molecule has 0 aromatic rings. The predicted molar refractivity (Wildman–Crippen MR) is 148 cm³/mol. The van der Waals surface area contributed by atoms with E-state index >= 15 is 0 Å². The molecule has 5 saturated carbocycles. The van der Waals surface area contributed by atoms with E-state index in [1.165, 1.54) is 19.3 Å². The highest BCUT2D eigenvalue weighted by molar-refractivity contribution is 8.94. The molecule has 0 N–H and O–H groups in total. The summed E-state index contributed by atoms with van der Waals surface area (Å²) >= 11 is 0. The van der Waals surface area contributed by atoms with Crippen molar-refractivity contribution in [1.82, 2.24) is 0 Å². The molecule has 0 aliphatic heterocycles. The molecule has 0 aromatic carbocycles. The van der Waals surface area contributed by atoms with Gasteiger partial charge in [0.25, 0.3) is 0 Å². The number of rotatable bonds is 7. The molecule has 0 nitrogen and oxygen atoms in total. The maximum absolute atomic E-state index is 2.73. The van der Waals surface area contributed by atoms with Crippen LogP contribution < -0.4 is 0 Å². The fourth-order valence-electron chi connectivity index (χ4n) is 9.66. The van der Waals surface area contributed by atoms with Crippen molar-refractivity contribution in [3.63, 3.8) is 0 Å². The van der Waals surface area contributed by atoms with Crippen LogP contribution in [0.15, 0.2) is 0 Å². The number of hydrogen-bond donors (Lipinski definition) is 0. The van der Waals surface area contributed by atoms with E-state index in [1.807, 2.05) is 0 Å². The standard InChI is InChI=1S/C30H54S2/c1-4-5-10-22-17-18-24(21-22)32(2,3)31-30-20-19-28-27(15-9-16-29(28)30)26-14-8-12-23-11-6-7-13-25(23)26/h22-30H,4-21H2,1-3H3. The smallest absolute Gasteiger partial charge is 0.0167 e. The van der Waals surface area contributed by atoms with E-state index in [9.17, 15) is 0 Å². The van der Waals surface area contributed by atoms with Crippen molar-refractivity contribution in [2.75, 3.05) is 12.5 Å². The van der Waals surface area contributed by atoms with Gasteiger partial charge in [0.15, 0.2) is 0 Å². The Balaban J connectivity index is 1.21. The first-order chi connectivity index (χ1) is 15.6. The Bertz CT molecular complexity index is 598. The summed E-state index contributed by atoms with van der Waals surface area (Å²) in [5.74, 6) is 7.77. The minimum absolute atomic E-state index is 0.497. The fraction of sp³-hybridized carbons (Fsp3) is 1.00. The van der Waals surface area contributed by atoms with Gasteiger partial charge in [-0.3, -0.25) is 0 Å². The lowest BCUT2D eigenvalue weighted by Crippen LogP contribution is -2.41. The highest BCUT2D eigenvalue weighted by Gasteiger charge is 2.49. The van der Waals surface area contributed by atoms with E-state index in [0.29, 0.717) is 0 Å². The summed E-state index contributed by atoms with van der Waals surface area (Å²) in [6.45, 7) is 2.37. The molecule has 0 aromatic heterocycles. The highest BCUT2D eigenvalue weighted by atomic mass is 33.2. The second-order valence-electron chi connectivity index (χ2n) is 13.2. The van der Waals surface area contributed by atoms with Gasteiger partial charge in [0.2, 0.25) is 0 Å². The van der Waals surface area contributed by atoms with Crippen LogP contribution >= 0.6 is 19.9 Å². The zero-order chi connectivity index (χ0) is 22.1. The normalized spacial score (nSPS) is 45.4. The number of unbranched alkanes of at least 4 members (excludes halogenated alkanes) is 1. The minimum Gasteiger partial charge on any atom is -0.195 e. The van der Waals surface area contributed by atoms with E-state index < -0.39 is 9.06 Å². The molecule has 0 saturated heterocycles. The van der Waals surface area contributed by atoms with E-state index in [2.05, 4.69) is 30.2 Å². The van der Waals surface area contributed by atoms with Gasteiger partial charge >= 0.3 is 0 Å². The maximum Gasteiger partial charge on any atom is 0.0167 e. The summed E-state index contributed by atoms with van der Waals surface area (Å²) in [7, 11) is 2.08. The monoisotopic (exact) mass is 478 g/mol. The SMILES string of the molecule is CCCCC1CCC(S(C)(C)SC2CCC3C2CCCC3C2CCCC3CCCCC32)C1. The van der Waals surface area contributed by atoms with Crippen molar-refractivity contribution in [1.29, 1.82) is 0 Å². The molecule has 0 amide bonds. The molecule has 5 fully saturated rings. The molecule has 0 radical (unpaired) electrons. The number of hydrogen-bond acceptors (Lipinski definition) is 1. The Morgan fingerprint density at radius 3 is 2.16 bits per heavy atom. The number of fused-ring (bicyclic) bond motifs is 2. The van der Waals surface area contributed by atoms with Gasteiger partial charge < -0.3 is 0 Å². The molecular weight excluding hydrogens is 424 g/mol. The van der Waals surface area contributed by atoms with Crippen molar-refractivity contribution in [2.24, 2.45) is 41.4 Å². The molecule has 32 heavy (non-hydrogen) atoms. The Morgan fingerprint density at radius 1 is 0.656 bits per heavy atom. The molecule has 9 atom stereocenters. The van der Waals surface area contributed by atoms with Crippen molar-refractivity contribution in [3.8, 4) is 0 Å². The average Bonchev–Trinajstić information content (AvgIpc) is 3.45. The molecule has 2 heteroatoms. The Kier molecular flexibility index (Phi) is 8.20. The molecule has 5 rings (SSSR count). The van der Waals surface area contributed by atoms with Gasteiger partial charge in [0.1, 0.15) is 0 Å². The lowest BCUT2D eigenvalue weighted by atomic mass is 9.57. The van der Waals surface area contributed by atoms with Crippen LogP contribution in [0.5, 0.6) is 0 Å². The second-order valence-corrected chi connectivity index (χ2v) is 20.4. The van der Waals surface area contributed by atoms with Crippen molar-refractivity contribution in [3.05, 3.63) is 0 Å². The quantitative estimate of drug-likeness (QED) is 0.328. The molecule has 5 aliphatic rings. The largest absolute Gasteiger partial charge is 0.195 e. The van der Waals surface area contributed by atoms with Gasteiger partial charge in [0.05, 0.1) is 0 Å².